The van der Waals surface area contributed by atoms with Crippen LogP contribution in [0.2, 0.25) is 0 Å². The smallest absolute Gasteiger partial charge is 0.311 e. The Kier molecular flexibility index (Phi) is 1.57. The van der Waals surface area contributed by atoms with Crippen molar-refractivity contribution in [1.82, 2.24) is 0 Å². The van der Waals surface area contributed by atoms with Crippen molar-refractivity contribution in [1.29, 1.82) is 0 Å². The van der Waals surface area contributed by atoms with E-state index in [2.05, 4.69) is 13.8 Å². The average Bonchev–Trinajstić information content (AvgIpc) is 2.35. The van der Waals surface area contributed by atoms with Crippen molar-refractivity contribution in [3.63, 3.8) is 0 Å². The molecule has 0 radical (unpaired) electrons. The number of aliphatic carboxylic acids is 1. The number of carbonyl (C=O) groups is 1. The van der Waals surface area contributed by atoms with Gasteiger partial charge >= 0.3 is 5.97 Å². The highest BCUT2D eigenvalue weighted by molar-refractivity contribution is 5.78. The van der Waals surface area contributed by atoms with E-state index in [1.54, 1.807) is 0 Å². The first-order valence-corrected chi connectivity index (χ1v) is 4.92. The van der Waals surface area contributed by atoms with Gasteiger partial charge in [0.1, 0.15) is 0 Å². The summed E-state index contributed by atoms with van der Waals surface area (Å²) in [7, 11) is 0. The van der Waals surface area contributed by atoms with Gasteiger partial charge in [0.25, 0.3) is 0 Å². The van der Waals surface area contributed by atoms with E-state index in [9.17, 15) is 9.90 Å². The quantitative estimate of drug-likeness (QED) is 0.642. The first-order valence-electron chi connectivity index (χ1n) is 4.92. The number of hydrogen-bond donors (Lipinski definition) is 2. The van der Waals surface area contributed by atoms with Crippen LogP contribution in [0.4, 0.5) is 0 Å². The molecule has 0 aromatic heterocycles. The van der Waals surface area contributed by atoms with Gasteiger partial charge in [0.15, 0.2) is 0 Å². The number of nitrogens with two attached hydrogens (primary N) is 1. The molecule has 2 rings (SSSR count). The molecule has 3 unspecified atom stereocenters. The monoisotopic (exact) mass is 183 g/mol. The van der Waals surface area contributed by atoms with Gasteiger partial charge in [-0.25, -0.2) is 0 Å². The van der Waals surface area contributed by atoms with Crippen molar-refractivity contribution < 1.29 is 9.90 Å². The molecule has 13 heavy (non-hydrogen) atoms. The van der Waals surface area contributed by atoms with Gasteiger partial charge in [0.2, 0.25) is 0 Å². The van der Waals surface area contributed by atoms with E-state index < -0.39 is 11.4 Å². The summed E-state index contributed by atoms with van der Waals surface area (Å²) in [6.45, 7) is 4.12. The van der Waals surface area contributed by atoms with Crippen LogP contribution in [0.15, 0.2) is 0 Å². The Bertz CT molecular complexity index is 262. The van der Waals surface area contributed by atoms with Crippen molar-refractivity contribution in [2.45, 2.75) is 39.2 Å². The number of carboxylic acids is 1. The Labute approximate surface area is 78.3 Å². The summed E-state index contributed by atoms with van der Waals surface area (Å²) in [5.41, 5.74) is 5.20. The summed E-state index contributed by atoms with van der Waals surface area (Å²) in [6.07, 6.45) is 2.69. The summed E-state index contributed by atoms with van der Waals surface area (Å²) in [6, 6.07) is -0.140. The fourth-order valence-electron chi connectivity index (χ4n) is 3.57. The van der Waals surface area contributed by atoms with Crippen LogP contribution in [0.3, 0.4) is 0 Å². The predicted molar refractivity (Wildman–Crippen MR) is 49.2 cm³/mol. The Morgan fingerprint density at radius 1 is 1.54 bits per heavy atom. The highest BCUT2D eigenvalue weighted by Gasteiger charge is 2.67. The molecule has 3 atom stereocenters. The number of fused-ring (bicyclic) bond motifs is 2. The summed E-state index contributed by atoms with van der Waals surface area (Å²) >= 11 is 0. The van der Waals surface area contributed by atoms with Crippen LogP contribution in [-0.4, -0.2) is 17.1 Å². The van der Waals surface area contributed by atoms with Crippen LogP contribution in [-0.2, 0) is 4.79 Å². The zero-order chi connectivity index (χ0) is 9.85. The molecule has 2 aliphatic rings. The summed E-state index contributed by atoms with van der Waals surface area (Å²) in [4.78, 5) is 11.3. The van der Waals surface area contributed by atoms with E-state index in [4.69, 9.17) is 5.73 Å². The molecule has 2 saturated carbocycles. The van der Waals surface area contributed by atoms with Crippen molar-refractivity contribution in [2.24, 2.45) is 22.5 Å². The first kappa shape index (κ1) is 9.00. The standard InChI is InChI=1S/C10H17NO2/c1-9(2)6-3-4-10(9,8(12)13)7(11)5-6/h6-7H,3-5,11H2,1-2H3,(H,12,13). The lowest BCUT2D eigenvalue weighted by Gasteiger charge is -2.36. The maximum Gasteiger partial charge on any atom is 0.311 e. The van der Waals surface area contributed by atoms with Crippen LogP contribution in [0.1, 0.15) is 33.1 Å². The second kappa shape index (κ2) is 2.27. The minimum atomic E-state index is -0.690. The average molecular weight is 183 g/mol. The molecule has 0 saturated heterocycles. The molecular weight excluding hydrogens is 166 g/mol. The normalized spacial score (nSPS) is 46.7. The van der Waals surface area contributed by atoms with Crippen LogP contribution < -0.4 is 5.73 Å². The maximum absolute atomic E-state index is 11.3. The molecule has 2 fully saturated rings. The minimum absolute atomic E-state index is 0.113. The van der Waals surface area contributed by atoms with Gasteiger partial charge in [-0.2, -0.15) is 0 Å². The van der Waals surface area contributed by atoms with Gasteiger partial charge in [-0.3, -0.25) is 4.79 Å². The molecule has 0 spiro atoms. The van der Waals surface area contributed by atoms with Gasteiger partial charge in [-0.05, 0) is 30.6 Å². The van der Waals surface area contributed by atoms with Crippen LogP contribution in [0.5, 0.6) is 0 Å². The van der Waals surface area contributed by atoms with Gasteiger partial charge in [-0.1, -0.05) is 13.8 Å². The lowest BCUT2D eigenvalue weighted by atomic mass is 9.68. The van der Waals surface area contributed by atoms with E-state index in [0.29, 0.717) is 5.92 Å². The van der Waals surface area contributed by atoms with E-state index in [-0.39, 0.29) is 11.5 Å². The largest absolute Gasteiger partial charge is 0.481 e. The van der Waals surface area contributed by atoms with E-state index in [1.165, 1.54) is 0 Å². The first-order chi connectivity index (χ1) is 5.93. The predicted octanol–water partition coefficient (Wildman–Crippen LogP) is 1.22. The zero-order valence-electron chi connectivity index (χ0n) is 8.21. The third kappa shape index (κ3) is 0.766. The maximum atomic E-state index is 11.3. The molecule has 0 aliphatic heterocycles. The topological polar surface area (TPSA) is 63.3 Å². The van der Waals surface area contributed by atoms with Gasteiger partial charge in [0.05, 0.1) is 5.41 Å². The van der Waals surface area contributed by atoms with E-state index >= 15 is 0 Å². The van der Waals surface area contributed by atoms with Crippen LogP contribution in [0.25, 0.3) is 0 Å². The molecular formula is C10H17NO2. The molecule has 3 heteroatoms. The Balaban J connectivity index is 2.49. The van der Waals surface area contributed by atoms with Crippen molar-refractivity contribution in [3.8, 4) is 0 Å². The summed E-state index contributed by atoms with van der Waals surface area (Å²) < 4.78 is 0. The number of carboxylic acid groups (broad SMARTS) is 1. The second-order valence-electron chi connectivity index (χ2n) is 5.08. The highest BCUT2D eigenvalue weighted by Crippen LogP contribution is 2.65. The SMILES string of the molecule is CC1(C)C2CCC1(C(=O)O)C(N)C2. The second-order valence-corrected chi connectivity index (χ2v) is 5.08. The van der Waals surface area contributed by atoms with Crippen molar-refractivity contribution in [2.75, 3.05) is 0 Å². The fraction of sp³-hybridized carbons (Fsp3) is 0.900. The Morgan fingerprint density at radius 3 is 2.38 bits per heavy atom. The summed E-state index contributed by atoms with van der Waals surface area (Å²) in [5.74, 6) is -0.177. The fourth-order valence-corrected chi connectivity index (χ4v) is 3.57. The molecule has 0 aromatic carbocycles. The van der Waals surface area contributed by atoms with Gasteiger partial charge < -0.3 is 10.8 Å². The minimum Gasteiger partial charge on any atom is -0.481 e. The Morgan fingerprint density at radius 2 is 2.15 bits per heavy atom. The zero-order valence-corrected chi connectivity index (χ0v) is 8.21. The van der Waals surface area contributed by atoms with Crippen LogP contribution >= 0.6 is 0 Å². The molecule has 0 heterocycles. The molecule has 0 amide bonds. The molecule has 2 aliphatic carbocycles. The molecule has 0 aromatic rings. The number of hydrogen-bond acceptors (Lipinski definition) is 2. The lowest BCUT2D eigenvalue weighted by molar-refractivity contribution is -0.154. The lowest BCUT2D eigenvalue weighted by Crippen LogP contribution is -2.49. The third-order valence-corrected chi connectivity index (χ3v) is 4.61. The molecule has 3 nitrogen and oxygen atoms in total. The van der Waals surface area contributed by atoms with E-state index in [1.807, 2.05) is 0 Å². The van der Waals surface area contributed by atoms with Gasteiger partial charge in [-0.15, -0.1) is 0 Å². The van der Waals surface area contributed by atoms with Crippen molar-refractivity contribution in [3.05, 3.63) is 0 Å². The van der Waals surface area contributed by atoms with Gasteiger partial charge in [0, 0.05) is 6.04 Å². The summed E-state index contributed by atoms with van der Waals surface area (Å²) in [5, 5.41) is 9.32. The highest BCUT2D eigenvalue weighted by atomic mass is 16.4. The van der Waals surface area contributed by atoms with Crippen LogP contribution in [0, 0.1) is 16.7 Å². The molecule has 3 N–H and O–H groups in total. The third-order valence-electron chi connectivity index (χ3n) is 4.61. The molecule has 74 valence electrons. The van der Waals surface area contributed by atoms with E-state index in [0.717, 1.165) is 19.3 Å². The molecule has 2 bridgehead atoms. The Hall–Kier alpha value is -0.570. The number of rotatable bonds is 1. The van der Waals surface area contributed by atoms with Crippen molar-refractivity contribution >= 4 is 5.97 Å².